The van der Waals surface area contributed by atoms with Crippen molar-refractivity contribution in [2.45, 2.75) is 119 Å². The van der Waals surface area contributed by atoms with Crippen LogP contribution in [0.2, 0.25) is 0 Å². The molecule has 0 unspecified atom stereocenters. The minimum absolute atomic E-state index is 0.174. The number of Topliss-reactive ketones (excluding diaryl/α,β-unsaturated/α-hetero) is 2. The molecular weight excluding hydrogens is 616 g/mol. The van der Waals surface area contributed by atoms with Gasteiger partial charge in [0.05, 0.1) is 11.8 Å². The van der Waals surface area contributed by atoms with E-state index in [4.69, 9.17) is 19.2 Å². The van der Waals surface area contributed by atoms with Gasteiger partial charge in [0.15, 0.2) is 11.6 Å². The molecule has 0 aliphatic rings. The van der Waals surface area contributed by atoms with Crippen LogP contribution >= 0.6 is 0 Å². The summed E-state index contributed by atoms with van der Waals surface area (Å²) in [5, 5.41) is 0. The normalized spacial score (nSPS) is 10.9. The first-order chi connectivity index (χ1) is 22.9. The van der Waals surface area contributed by atoms with Crippen LogP contribution in [0.15, 0.2) is 36.4 Å². The predicted molar refractivity (Wildman–Crippen MR) is 180 cm³/mol. The van der Waals surface area contributed by atoms with Crippen molar-refractivity contribution in [3.63, 3.8) is 0 Å². The van der Waals surface area contributed by atoms with E-state index in [9.17, 15) is 28.8 Å². The zero-order chi connectivity index (χ0) is 35.6. The summed E-state index contributed by atoms with van der Waals surface area (Å²) in [6, 6.07) is 8.05. The van der Waals surface area contributed by atoms with Crippen LogP contribution in [-0.4, -0.2) is 35.4 Å². The largest absolute Gasteiger partial charge is 0.425 e. The molecule has 10 heteroatoms. The third-order valence-corrected chi connectivity index (χ3v) is 7.61. The fourth-order valence-electron chi connectivity index (χ4n) is 4.59. The summed E-state index contributed by atoms with van der Waals surface area (Å²) in [6.45, 7) is 10.7. The van der Waals surface area contributed by atoms with Crippen LogP contribution in [0.5, 0.6) is 11.5 Å². The first-order valence-electron chi connectivity index (χ1n) is 17.1. The first kappa shape index (κ1) is 39.8. The van der Waals surface area contributed by atoms with Crippen LogP contribution in [0.1, 0.15) is 160 Å². The number of hydrogen-bond acceptors (Lipinski definition) is 10. The van der Waals surface area contributed by atoms with Crippen molar-refractivity contribution in [2.24, 2.45) is 11.8 Å². The number of ketones is 2. The molecule has 0 aromatic heterocycles. The summed E-state index contributed by atoms with van der Waals surface area (Å²) in [4.78, 5) is 86.8. The molecule has 10 nitrogen and oxygen atoms in total. The molecule has 48 heavy (non-hydrogen) atoms. The summed E-state index contributed by atoms with van der Waals surface area (Å²) in [5.74, 6) is -5.45. The molecule has 2 aromatic rings. The SMILES string of the molecule is CCCCCCCC(=O)c1ccc(OC(=O)C(C)C)c(C(=O)OOC(=O)c2cc(C(=O)CCCCCCC)ccc2OC(=O)C(C)C)c1. The predicted octanol–water partition coefficient (Wildman–Crippen LogP) is 8.82. The molecule has 2 rings (SSSR count). The Labute approximate surface area is 283 Å². The van der Waals surface area contributed by atoms with Crippen LogP contribution in [0.3, 0.4) is 0 Å². The summed E-state index contributed by atoms with van der Waals surface area (Å²) in [6.07, 6.45) is 10.1. The van der Waals surface area contributed by atoms with E-state index in [-0.39, 0.29) is 58.2 Å². The first-order valence-corrected chi connectivity index (χ1v) is 17.1. The second kappa shape index (κ2) is 20.8. The van der Waals surface area contributed by atoms with Gasteiger partial charge >= 0.3 is 23.9 Å². The van der Waals surface area contributed by atoms with Gasteiger partial charge in [-0.1, -0.05) is 92.9 Å². The number of benzene rings is 2. The maximum atomic E-state index is 13.2. The number of unbranched alkanes of at least 4 members (excludes halogenated alkanes) is 8. The van der Waals surface area contributed by atoms with Crippen molar-refractivity contribution in [3.8, 4) is 11.5 Å². The number of rotatable bonds is 20. The molecule has 0 radical (unpaired) electrons. The van der Waals surface area contributed by atoms with Crippen LogP contribution in [0.25, 0.3) is 0 Å². The number of ether oxygens (including phenoxy) is 2. The second-order valence-electron chi connectivity index (χ2n) is 12.5. The quantitative estimate of drug-likeness (QED) is 0.0336. The average Bonchev–Trinajstić information content (AvgIpc) is 3.06. The van der Waals surface area contributed by atoms with Crippen molar-refractivity contribution in [1.82, 2.24) is 0 Å². The lowest BCUT2D eigenvalue weighted by Gasteiger charge is -2.13. The van der Waals surface area contributed by atoms with E-state index in [0.29, 0.717) is 12.8 Å². The topological polar surface area (TPSA) is 139 Å². The Morgan fingerprint density at radius 1 is 0.521 bits per heavy atom. The van der Waals surface area contributed by atoms with Crippen molar-refractivity contribution < 1.29 is 48.0 Å². The highest BCUT2D eigenvalue weighted by Crippen LogP contribution is 2.27. The molecule has 0 atom stereocenters. The summed E-state index contributed by atoms with van der Waals surface area (Å²) < 4.78 is 10.7. The smallest absolute Gasteiger partial charge is 0.390 e. The lowest BCUT2D eigenvalue weighted by Crippen LogP contribution is -2.20. The van der Waals surface area contributed by atoms with Gasteiger partial charge in [0.2, 0.25) is 0 Å². The summed E-state index contributed by atoms with van der Waals surface area (Å²) >= 11 is 0. The van der Waals surface area contributed by atoms with Gasteiger partial charge < -0.3 is 9.47 Å². The van der Waals surface area contributed by atoms with E-state index >= 15 is 0 Å². The molecule has 0 N–H and O–H groups in total. The van der Waals surface area contributed by atoms with Gasteiger partial charge in [-0.25, -0.2) is 19.4 Å². The minimum atomic E-state index is -1.20. The molecule has 2 aromatic carbocycles. The van der Waals surface area contributed by atoms with E-state index in [1.54, 1.807) is 27.7 Å². The molecule has 0 heterocycles. The zero-order valence-electron chi connectivity index (χ0n) is 29.2. The molecule has 0 spiro atoms. The minimum Gasteiger partial charge on any atom is -0.425 e. The van der Waals surface area contributed by atoms with Crippen molar-refractivity contribution in [3.05, 3.63) is 58.7 Å². The Morgan fingerprint density at radius 3 is 1.21 bits per heavy atom. The van der Waals surface area contributed by atoms with E-state index in [0.717, 1.165) is 51.4 Å². The molecule has 0 bridgehead atoms. The van der Waals surface area contributed by atoms with Gasteiger partial charge in [-0.2, -0.15) is 0 Å². The van der Waals surface area contributed by atoms with Gasteiger partial charge in [-0.05, 0) is 49.2 Å². The highest BCUT2D eigenvalue weighted by Gasteiger charge is 2.26. The molecule has 0 saturated heterocycles. The number of esters is 2. The molecule has 0 aliphatic heterocycles. The molecule has 0 saturated carbocycles. The third-order valence-electron chi connectivity index (χ3n) is 7.61. The molecular formula is C38H50O10. The van der Waals surface area contributed by atoms with Gasteiger partial charge in [-0.15, -0.1) is 0 Å². The van der Waals surface area contributed by atoms with Gasteiger partial charge in [0.1, 0.15) is 22.6 Å². The molecule has 262 valence electrons. The number of carbonyl (C=O) groups excluding carboxylic acids is 6. The summed E-state index contributed by atoms with van der Waals surface area (Å²) in [7, 11) is 0. The highest BCUT2D eigenvalue weighted by molar-refractivity contribution is 6.02. The lowest BCUT2D eigenvalue weighted by atomic mass is 10.0. The Balaban J connectivity index is 2.30. The van der Waals surface area contributed by atoms with Gasteiger partial charge in [0.25, 0.3) is 0 Å². The number of hydrogen-bond donors (Lipinski definition) is 0. The fraction of sp³-hybridized carbons (Fsp3) is 0.526. The summed E-state index contributed by atoms with van der Waals surface area (Å²) in [5.41, 5.74) is -0.187. The second-order valence-corrected chi connectivity index (χ2v) is 12.5. The Morgan fingerprint density at radius 2 is 0.875 bits per heavy atom. The van der Waals surface area contributed by atoms with Crippen LogP contribution in [-0.2, 0) is 19.4 Å². The van der Waals surface area contributed by atoms with E-state index in [1.165, 1.54) is 36.4 Å². The highest BCUT2D eigenvalue weighted by atomic mass is 17.2. The Hall–Kier alpha value is -4.34. The lowest BCUT2D eigenvalue weighted by molar-refractivity contribution is -0.187. The monoisotopic (exact) mass is 666 g/mol. The standard InChI is InChI=1S/C38H50O10/c1-7-9-11-13-15-17-31(39)27-19-21-33(45-35(41)25(3)4)29(23-27)37(43)47-48-38(44)30-24-28(32(40)18-16-14-12-10-8-2)20-22-34(30)46-36(42)26(5)6/h19-26H,7-18H2,1-6H3. The van der Waals surface area contributed by atoms with E-state index in [1.807, 2.05) is 0 Å². The number of carbonyl (C=O) groups is 6. The van der Waals surface area contributed by atoms with Crippen LogP contribution < -0.4 is 9.47 Å². The third kappa shape index (κ3) is 13.0. The van der Waals surface area contributed by atoms with E-state index in [2.05, 4.69) is 13.8 Å². The zero-order valence-corrected chi connectivity index (χ0v) is 29.2. The van der Waals surface area contributed by atoms with Crippen LogP contribution in [0, 0.1) is 11.8 Å². The fourth-order valence-corrected chi connectivity index (χ4v) is 4.59. The Kier molecular flexibility index (Phi) is 17.3. The van der Waals surface area contributed by atoms with Gasteiger partial charge in [0, 0.05) is 24.0 Å². The van der Waals surface area contributed by atoms with E-state index < -0.39 is 35.7 Å². The van der Waals surface area contributed by atoms with Crippen molar-refractivity contribution in [2.75, 3.05) is 0 Å². The molecule has 0 aliphatic carbocycles. The molecule has 0 fully saturated rings. The van der Waals surface area contributed by atoms with Crippen molar-refractivity contribution in [1.29, 1.82) is 0 Å². The van der Waals surface area contributed by atoms with Crippen LogP contribution in [0.4, 0.5) is 0 Å². The Bertz CT molecular complexity index is 1320. The van der Waals surface area contributed by atoms with Gasteiger partial charge in [-0.3, -0.25) is 19.2 Å². The molecule has 0 amide bonds. The van der Waals surface area contributed by atoms with Crippen molar-refractivity contribution >= 4 is 35.4 Å². The maximum absolute atomic E-state index is 13.2. The average molecular weight is 667 g/mol. The maximum Gasteiger partial charge on any atom is 0.390 e.